The number of carbonyl (C=O) groups excluding carboxylic acids is 1. The van der Waals surface area contributed by atoms with Crippen LogP contribution in [0.4, 0.5) is 15.8 Å². The Morgan fingerprint density at radius 1 is 1.00 bits per heavy atom. The molecule has 0 bridgehead atoms. The SMILES string of the molecule is CC/C=C\C=N/c1cc(NS(C)(=O)=O)c2c(c1OC(c1ccccc1)c1ccccc1)C(=O)N(Cc1ccc(F)cc1)C2. The lowest BCUT2D eigenvalue weighted by Crippen LogP contribution is -2.23. The van der Waals surface area contributed by atoms with Gasteiger partial charge in [-0.15, -0.1) is 0 Å². The fourth-order valence-corrected chi connectivity index (χ4v) is 5.55. The zero-order valence-corrected chi connectivity index (χ0v) is 24.7. The van der Waals surface area contributed by atoms with Crippen molar-refractivity contribution in [1.82, 2.24) is 4.90 Å². The molecule has 1 aliphatic heterocycles. The molecule has 0 unspecified atom stereocenters. The predicted molar refractivity (Wildman–Crippen MR) is 168 cm³/mol. The molecule has 0 atom stereocenters. The number of nitrogens with zero attached hydrogens (tertiary/aromatic N) is 2. The van der Waals surface area contributed by atoms with E-state index >= 15 is 0 Å². The second kappa shape index (κ2) is 13.0. The molecule has 1 amide bonds. The van der Waals surface area contributed by atoms with Gasteiger partial charge in [0.15, 0.2) is 5.75 Å². The molecule has 0 radical (unpaired) electrons. The molecule has 43 heavy (non-hydrogen) atoms. The van der Waals surface area contributed by atoms with Crippen LogP contribution in [-0.2, 0) is 23.1 Å². The number of anilines is 1. The number of fused-ring (bicyclic) bond motifs is 1. The Morgan fingerprint density at radius 3 is 2.21 bits per heavy atom. The Balaban J connectivity index is 1.68. The second-order valence-corrected chi connectivity index (χ2v) is 12.0. The predicted octanol–water partition coefficient (Wildman–Crippen LogP) is 7.19. The third-order valence-corrected chi connectivity index (χ3v) is 7.50. The molecular weight excluding hydrogens is 565 g/mol. The van der Waals surface area contributed by atoms with Crippen molar-refractivity contribution in [2.45, 2.75) is 32.5 Å². The van der Waals surface area contributed by atoms with Gasteiger partial charge in [-0.25, -0.2) is 12.8 Å². The number of halogens is 1. The number of rotatable bonds is 11. The Kier molecular flexibility index (Phi) is 9.01. The normalized spacial score (nSPS) is 13.3. The fraction of sp³-hybridized carbons (Fsp3) is 0.176. The molecule has 5 rings (SSSR count). The number of sulfonamides is 1. The minimum absolute atomic E-state index is 0.126. The summed E-state index contributed by atoms with van der Waals surface area (Å²) in [6, 6.07) is 26.8. The van der Waals surface area contributed by atoms with E-state index in [-0.39, 0.29) is 41.8 Å². The Hall–Kier alpha value is -4.76. The highest BCUT2D eigenvalue weighted by Crippen LogP contribution is 2.46. The van der Waals surface area contributed by atoms with E-state index in [1.54, 1.807) is 35.4 Å². The first-order chi connectivity index (χ1) is 20.7. The largest absolute Gasteiger partial charge is 0.478 e. The average molecular weight is 598 g/mol. The lowest BCUT2D eigenvalue weighted by atomic mass is 10.0. The molecule has 1 aliphatic rings. The number of amides is 1. The first-order valence-electron chi connectivity index (χ1n) is 13.9. The maximum absolute atomic E-state index is 14.1. The molecule has 0 spiro atoms. The highest BCUT2D eigenvalue weighted by molar-refractivity contribution is 7.92. The molecule has 7 nitrogen and oxygen atoms in total. The molecule has 0 aliphatic carbocycles. The smallest absolute Gasteiger partial charge is 0.258 e. The van der Waals surface area contributed by atoms with Gasteiger partial charge in [0.1, 0.15) is 17.6 Å². The number of benzene rings is 4. The van der Waals surface area contributed by atoms with Crippen molar-refractivity contribution < 1.29 is 22.3 Å². The maximum atomic E-state index is 14.1. The van der Waals surface area contributed by atoms with E-state index in [0.29, 0.717) is 11.3 Å². The van der Waals surface area contributed by atoms with Crippen LogP contribution in [0.5, 0.6) is 5.75 Å². The van der Waals surface area contributed by atoms with E-state index in [1.807, 2.05) is 73.7 Å². The van der Waals surface area contributed by atoms with Crippen LogP contribution in [0.1, 0.15) is 52.1 Å². The molecule has 9 heteroatoms. The van der Waals surface area contributed by atoms with Crippen molar-refractivity contribution in [2.24, 2.45) is 4.99 Å². The molecule has 0 aromatic heterocycles. The van der Waals surface area contributed by atoms with E-state index in [2.05, 4.69) is 9.71 Å². The molecule has 0 saturated heterocycles. The zero-order valence-electron chi connectivity index (χ0n) is 23.9. The Bertz CT molecular complexity index is 1720. The number of carbonyl (C=O) groups is 1. The minimum atomic E-state index is -3.69. The van der Waals surface area contributed by atoms with Crippen LogP contribution in [0.15, 0.2) is 108 Å². The van der Waals surface area contributed by atoms with Gasteiger partial charge in [0, 0.05) is 24.9 Å². The quantitative estimate of drug-likeness (QED) is 0.185. The average Bonchev–Trinajstić information content (AvgIpc) is 3.32. The topological polar surface area (TPSA) is 88.1 Å². The van der Waals surface area contributed by atoms with E-state index in [1.165, 1.54) is 12.1 Å². The van der Waals surface area contributed by atoms with E-state index in [9.17, 15) is 17.6 Å². The molecule has 220 valence electrons. The third kappa shape index (κ3) is 7.18. The summed E-state index contributed by atoms with van der Waals surface area (Å²) in [5.41, 5.74) is 3.75. The van der Waals surface area contributed by atoms with Crippen molar-refractivity contribution >= 4 is 33.5 Å². The van der Waals surface area contributed by atoms with Gasteiger partial charge in [0.25, 0.3) is 5.91 Å². The summed E-state index contributed by atoms with van der Waals surface area (Å²) in [6.45, 7) is 2.33. The third-order valence-electron chi connectivity index (χ3n) is 6.91. The number of allylic oxidation sites excluding steroid dienone is 2. The number of aliphatic imine (C=N–C) groups is 1. The summed E-state index contributed by atoms with van der Waals surface area (Å²) in [4.78, 5) is 20.3. The van der Waals surface area contributed by atoms with Crippen LogP contribution in [0.25, 0.3) is 0 Å². The van der Waals surface area contributed by atoms with E-state index in [4.69, 9.17) is 4.74 Å². The van der Waals surface area contributed by atoms with Crippen LogP contribution in [0.2, 0.25) is 0 Å². The minimum Gasteiger partial charge on any atom is -0.478 e. The summed E-state index contributed by atoms with van der Waals surface area (Å²) in [5, 5.41) is 0. The van der Waals surface area contributed by atoms with Gasteiger partial charge in [-0.3, -0.25) is 14.5 Å². The van der Waals surface area contributed by atoms with Gasteiger partial charge >= 0.3 is 0 Å². The van der Waals surface area contributed by atoms with Crippen molar-refractivity contribution in [3.8, 4) is 5.75 Å². The van der Waals surface area contributed by atoms with Gasteiger partial charge in [-0.2, -0.15) is 0 Å². The number of nitrogens with one attached hydrogen (secondary N) is 1. The van der Waals surface area contributed by atoms with E-state index < -0.39 is 16.1 Å². The molecule has 1 N–H and O–H groups in total. The van der Waals surface area contributed by atoms with Crippen LogP contribution >= 0.6 is 0 Å². The van der Waals surface area contributed by atoms with Crippen molar-refractivity contribution in [1.29, 1.82) is 0 Å². The summed E-state index contributed by atoms with van der Waals surface area (Å²) in [7, 11) is -3.69. The van der Waals surface area contributed by atoms with Crippen molar-refractivity contribution in [3.05, 3.63) is 137 Å². The highest BCUT2D eigenvalue weighted by atomic mass is 32.2. The van der Waals surface area contributed by atoms with Crippen LogP contribution < -0.4 is 9.46 Å². The maximum Gasteiger partial charge on any atom is 0.258 e. The first kappa shape index (κ1) is 29.7. The Labute approximate surface area is 251 Å². The van der Waals surface area contributed by atoms with Crippen LogP contribution in [0, 0.1) is 5.82 Å². The molecular formula is C34H32FN3O4S. The molecule has 0 fully saturated rings. The second-order valence-electron chi connectivity index (χ2n) is 10.2. The molecule has 4 aromatic carbocycles. The summed E-state index contributed by atoms with van der Waals surface area (Å²) in [6.07, 6.45) is 6.60. The van der Waals surface area contributed by atoms with Gasteiger partial charge in [-0.1, -0.05) is 85.8 Å². The lowest BCUT2D eigenvalue weighted by molar-refractivity contribution is 0.0762. The van der Waals surface area contributed by atoms with Crippen LogP contribution in [0.3, 0.4) is 0 Å². The summed E-state index contributed by atoms with van der Waals surface area (Å²) in [5.74, 6) is -0.464. The monoisotopic (exact) mass is 597 g/mol. The molecule has 1 heterocycles. The number of ether oxygens (including phenoxy) is 1. The Morgan fingerprint density at radius 2 is 1.63 bits per heavy atom. The fourth-order valence-electron chi connectivity index (χ4n) is 4.97. The molecule has 4 aromatic rings. The summed E-state index contributed by atoms with van der Waals surface area (Å²) < 4.78 is 47.7. The summed E-state index contributed by atoms with van der Waals surface area (Å²) >= 11 is 0. The standard InChI is InChI=1S/C34H32FN3O4S/c1-3-4-11-20-36-30-21-29(37-43(2,40)41)28-23-38(22-24-16-18-27(35)19-17-24)34(39)31(28)33(30)42-32(25-12-7-5-8-13-25)26-14-9-6-10-15-26/h4-21,32,37H,3,22-23H2,1-2H3/b11-4-,36-20-. The lowest BCUT2D eigenvalue weighted by Gasteiger charge is -2.23. The highest BCUT2D eigenvalue weighted by Gasteiger charge is 2.36. The van der Waals surface area contributed by atoms with Crippen molar-refractivity contribution in [3.63, 3.8) is 0 Å². The molecule has 0 saturated carbocycles. The first-order valence-corrected chi connectivity index (χ1v) is 15.8. The zero-order chi connectivity index (χ0) is 30.4. The van der Waals surface area contributed by atoms with Crippen molar-refractivity contribution in [2.75, 3.05) is 11.0 Å². The van der Waals surface area contributed by atoms with Gasteiger partial charge in [0.05, 0.1) is 17.5 Å². The van der Waals surface area contributed by atoms with Gasteiger partial charge < -0.3 is 9.64 Å². The van der Waals surface area contributed by atoms with Gasteiger partial charge in [0.2, 0.25) is 10.0 Å². The van der Waals surface area contributed by atoms with Crippen LogP contribution in [-0.4, -0.2) is 31.7 Å². The van der Waals surface area contributed by atoms with Gasteiger partial charge in [-0.05, 0) is 47.4 Å². The van der Waals surface area contributed by atoms with E-state index in [0.717, 1.165) is 29.4 Å². The number of hydrogen-bond donors (Lipinski definition) is 1. The number of hydrogen-bond acceptors (Lipinski definition) is 5.